The van der Waals surface area contributed by atoms with E-state index >= 15 is 0 Å². The van der Waals surface area contributed by atoms with E-state index in [2.05, 4.69) is 6.58 Å². The zero-order chi connectivity index (χ0) is 15.6. The van der Waals surface area contributed by atoms with Crippen molar-refractivity contribution in [2.45, 2.75) is 0 Å². The SMILES string of the molecule is C=C(C(=O)c1ccc(OC)c(Cl)c1Cl)c1ccc(Cl)cc1. The Hall–Kier alpha value is -1.48. The normalized spacial score (nSPS) is 10.3. The van der Waals surface area contributed by atoms with Gasteiger partial charge in [0.1, 0.15) is 10.8 Å². The lowest BCUT2D eigenvalue weighted by atomic mass is 9.98. The van der Waals surface area contributed by atoms with Crippen molar-refractivity contribution in [3.63, 3.8) is 0 Å². The Bertz CT molecular complexity index is 706. The van der Waals surface area contributed by atoms with Crippen LogP contribution >= 0.6 is 34.8 Å². The zero-order valence-electron chi connectivity index (χ0n) is 11.1. The van der Waals surface area contributed by atoms with E-state index in [1.165, 1.54) is 7.11 Å². The van der Waals surface area contributed by atoms with Crippen LogP contribution < -0.4 is 4.74 Å². The topological polar surface area (TPSA) is 26.3 Å². The largest absolute Gasteiger partial charge is 0.495 e. The molecule has 0 aliphatic rings. The molecule has 0 saturated heterocycles. The van der Waals surface area contributed by atoms with Gasteiger partial charge in [-0.15, -0.1) is 0 Å². The third-order valence-corrected chi connectivity index (χ3v) is 4.09. The van der Waals surface area contributed by atoms with Crippen molar-refractivity contribution in [3.8, 4) is 5.75 Å². The molecule has 0 aliphatic carbocycles. The Morgan fingerprint density at radius 2 is 1.62 bits per heavy atom. The van der Waals surface area contributed by atoms with Gasteiger partial charge in [-0.3, -0.25) is 4.79 Å². The number of hydrogen-bond donors (Lipinski definition) is 0. The van der Waals surface area contributed by atoms with Crippen LogP contribution in [0.2, 0.25) is 15.1 Å². The van der Waals surface area contributed by atoms with Crippen molar-refractivity contribution < 1.29 is 9.53 Å². The molecule has 108 valence electrons. The molecule has 0 unspecified atom stereocenters. The number of methoxy groups -OCH3 is 1. The summed E-state index contributed by atoms with van der Waals surface area (Å²) in [5, 5.41) is 0.939. The molecule has 0 fully saturated rings. The molecule has 0 aromatic heterocycles. The van der Waals surface area contributed by atoms with Gasteiger partial charge in [0.15, 0.2) is 5.78 Å². The molecule has 0 radical (unpaired) electrons. The van der Waals surface area contributed by atoms with Crippen molar-refractivity contribution in [1.82, 2.24) is 0 Å². The van der Waals surface area contributed by atoms with Crippen molar-refractivity contribution >= 4 is 46.2 Å². The standard InChI is InChI=1S/C16H11Cl3O2/c1-9(10-3-5-11(17)6-4-10)16(20)12-7-8-13(21-2)15(19)14(12)18/h3-8H,1H2,2H3. The number of ketones is 1. The maximum Gasteiger partial charge on any atom is 0.194 e. The summed E-state index contributed by atoms with van der Waals surface area (Å²) in [5.41, 5.74) is 1.27. The van der Waals surface area contributed by atoms with Crippen LogP contribution in [0, 0.1) is 0 Å². The maximum absolute atomic E-state index is 12.5. The molecule has 5 heteroatoms. The van der Waals surface area contributed by atoms with Gasteiger partial charge in [-0.2, -0.15) is 0 Å². The van der Waals surface area contributed by atoms with Crippen LogP contribution in [0.15, 0.2) is 43.0 Å². The molecule has 2 rings (SSSR count). The van der Waals surface area contributed by atoms with Crippen LogP contribution in [0.1, 0.15) is 15.9 Å². The second kappa shape index (κ2) is 6.52. The molecule has 0 spiro atoms. The van der Waals surface area contributed by atoms with Crippen LogP contribution in [0.3, 0.4) is 0 Å². The predicted molar refractivity (Wildman–Crippen MR) is 87.8 cm³/mol. The smallest absolute Gasteiger partial charge is 0.194 e. The Kier molecular flexibility index (Phi) is 4.94. The van der Waals surface area contributed by atoms with Crippen LogP contribution in [0.5, 0.6) is 5.75 Å². The second-order valence-corrected chi connectivity index (χ2v) is 5.45. The summed E-state index contributed by atoms with van der Waals surface area (Å²) < 4.78 is 5.05. The Morgan fingerprint density at radius 3 is 2.19 bits per heavy atom. The number of ether oxygens (including phenoxy) is 1. The number of hydrogen-bond acceptors (Lipinski definition) is 2. The summed E-state index contributed by atoms with van der Waals surface area (Å²) in [4.78, 5) is 12.5. The monoisotopic (exact) mass is 340 g/mol. The highest BCUT2D eigenvalue weighted by Crippen LogP contribution is 2.36. The fourth-order valence-corrected chi connectivity index (χ4v) is 2.42. The molecular formula is C16H11Cl3O2. The Morgan fingerprint density at radius 1 is 1.00 bits per heavy atom. The molecule has 21 heavy (non-hydrogen) atoms. The van der Waals surface area contributed by atoms with E-state index in [0.29, 0.717) is 21.9 Å². The number of carbonyl (C=O) groups is 1. The minimum atomic E-state index is -0.299. The van der Waals surface area contributed by atoms with Gasteiger partial charge in [0.05, 0.1) is 12.1 Å². The van der Waals surface area contributed by atoms with E-state index < -0.39 is 0 Å². The van der Waals surface area contributed by atoms with Gasteiger partial charge in [-0.1, -0.05) is 53.5 Å². The van der Waals surface area contributed by atoms with Gasteiger partial charge in [0.2, 0.25) is 0 Å². The summed E-state index contributed by atoms with van der Waals surface area (Å²) in [7, 11) is 1.48. The molecule has 2 aromatic rings. The number of rotatable bonds is 4. The van der Waals surface area contributed by atoms with Crippen molar-refractivity contribution in [2.75, 3.05) is 7.11 Å². The van der Waals surface area contributed by atoms with E-state index in [-0.39, 0.29) is 21.4 Å². The molecule has 0 amide bonds. The third kappa shape index (κ3) is 3.24. The molecular weight excluding hydrogens is 331 g/mol. The summed E-state index contributed by atoms with van der Waals surface area (Å²) in [6.45, 7) is 3.82. The van der Waals surface area contributed by atoms with E-state index in [0.717, 1.165) is 0 Å². The summed E-state index contributed by atoms with van der Waals surface area (Å²) >= 11 is 18.0. The molecule has 0 saturated carbocycles. The lowest BCUT2D eigenvalue weighted by Gasteiger charge is -2.10. The van der Waals surface area contributed by atoms with Gasteiger partial charge in [0.25, 0.3) is 0 Å². The highest BCUT2D eigenvalue weighted by Gasteiger charge is 2.19. The first-order valence-electron chi connectivity index (χ1n) is 5.97. The molecule has 0 atom stereocenters. The van der Waals surface area contributed by atoms with Gasteiger partial charge in [0, 0.05) is 16.2 Å². The fourth-order valence-electron chi connectivity index (χ4n) is 1.81. The van der Waals surface area contributed by atoms with E-state index in [9.17, 15) is 4.79 Å². The lowest BCUT2D eigenvalue weighted by molar-refractivity contribution is 0.105. The first-order valence-corrected chi connectivity index (χ1v) is 7.10. The summed E-state index contributed by atoms with van der Waals surface area (Å²) in [6, 6.07) is 9.99. The fraction of sp³-hybridized carbons (Fsp3) is 0.0625. The number of Topliss-reactive ketones (excluding diaryl/α,β-unsaturated/α-hetero) is 1. The highest BCUT2D eigenvalue weighted by atomic mass is 35.5. The minimum absolute atomic E-state index is 0.149. The maximum atomic E-state index is 12.5. The molecule has 0 bridgehead atoms. The van der Waals surface area contributed by atoms with Gasteiger partial charge in [-0.05, 0) is 29.8 Å². The van der Waals surface area contributed by atoms with E-state index in [4.69, 9.17) is 39.5 Å². The average Bonchev–Trinajstić information content (AvgIpc) is 2.49. The number of allylic oxidation sites excluding steroid dienone is 1. The first-order chi connectivity index (χ1) is 9.95. The Labute approximate surface area is 137 Å². The first kappa shape index (κ1) is 15.9. The Balaban J connectivity index is 2.38. The molecule has 0 aliphatic heterocycles. The lowest BCUT2D eigenvalue weighted by Crippen LogP contribution is -2.03. The summed E-state index contributed by atoms with van der Waals surface area (Å²) in [5.74, 6) is 0.113. The predicted octanol–water partition coefficient (Wildman–Crippen LogP) is 5.55. The zero-order valence-corrected chi connectivity index (χ0v) is 13.4. The second-order valence-electron chi connectivity index (χ2n) is 4.26. The highest BCUT2D eigenvalue weighted by molar-refractivity contribution is 6.46. The number of benzene rings is 2. The van der Waals surface area contributed by atoms with E-state index in [1.807, 2.05) is 0 Å². The van der Waals surface area contributed by atoms with Crippen molar-refractivity contribution in [3.05, 3.63) is 69.2 Å². The van der Waals surface area contributed by atoms with Crippen molar-refractivity contribution in [1.29, 1.82) is 0 Å². The van der Waals surface area contributed by atoms with Crippen LogP contribution in [-0.4, -0.2) is 12.9 Å². The molecule has 0 heterocycles. The minimum Gasteiger partial charge on any atom is -0.495 e. The molecule has 2 nitrogen and oxygen atoms in total. The number of carbonyl (C=O) groups excluding carboxylic acids is 1. The summed E-state index contributed by atoms with van der Waals surface area (Å²) in [6.07, 6.45) is 0. The van der Waals surface area contributed by atoms with Gasteiger partial charge < -0.3 is 4.74 Å². The third-order valence-electron chi connectivity index (χ3n) is 2.98. The van der Waals surface area contributed by atoms with Crippen LogP contribution in [-0.2, 0) is 0 Å². The van der Waals surface area contributed by atoms with Crippen LogP contribution in [0.4, 0.5) is 0 Å². The van der Waals surface area contributed by atoms with Gasteiger partial charge in [-0.25, -0.2) is 0 Å². The quantitative estimate of drug-likeness (QED) is 0.538. The average molecular weight is 342 g/mol. The number of halogens is 3. The van der Waals surface area contributed by atoms with Crippen molar-refractivity contribution in [2.24, 2.45) is 0 Å². The van der Waals surface area contributed by atoms with E-state index in [1.54, 1.807) is 36.4 Å². The van der Waals surface area contributed by atoms with Crippen LogP contribution in [0.25, 0.3) is 5.57 Å². The molecule has 2 aromatic carbocycles. The van der Waals surface area contributed by atoms with Gasteiger partial charge >= 0.3 is 0 Å². The molecule has 0 N–H and O–H groups in total.